The van der Waals surface area contributed by atoms with Crippen LogP contribution in [0.25, 0.3) is 0 Å². The number of carbonyl (C=O) groups is 1. The maximum absolute atomic E-state index is 12.7. The van der Waals surface area contributed by atoms with E-state index in [4.69, 9.17) is 23.2 Å². The number of halogens is 2. The highest BCUT2D eigenvalue weighted by molar-refractivity contribution is 6.53. The number of hydrogen-bond donors (Lipinski definition) is 0. The van der Waals surface area contributed by atoms with Crippen molar-refractivity contribution in [2.24, 2.45) is 11.3 Å². The highest BCUT2D eigenvalue weighted by Crippen LogP contribution is 2.64. The van der Waals surface area contributed by atoms with Gasteiger partial charge in [-0.3, -0.25) is 4.79 Å². The van der Waals surface area contributed by atoms with Gasteiger partial charge in [-0.05, 0) is 44.9 Å². The van der Waals surface area contributed by atoms with Crippen molar-refractivity contribution in [3.63, 3.8) is 0 Å². The van der Waals surface area contributed by atoms with Gasteiger partial charge in [0.1, 0.15) is 4.33 Å². The van der Waals surface area contributed by atoms with Gasteiger partial charge in [0.2, 0.25) is 5.91 Å². The standard InChI is InChI=1S/C14H21Cl2NO/c1-13(9-14(13,15)16)12(18)17-8-4-6-10-5-2-3-7-11(10)17/h10-11H,2-9H2,1H3. The molecule has 0 aromatic heterocycles. The SMILES string of the molecule is CC1(C(=O)N2CCCC3CCCCC32)CC1(Cl)Cl. The largest absolute Gasteiger partial charge is 0.339 e. The second kappa shape index (κ2) is 4.28. The summed E-state index contributed by atoms with van der Waals surface area (Å²) in [6.45, 7) is 2.82. The summed E-state index contributed by atoms with van der Waals surface area (Å²) in [7, 11) is 0. The van der Waals surface area contributed by atoms with Gasteiger partial charge in [-0.15, -0.1) is 23.2 Å². The minimum atomic E-state index is -0.828. The first kappa shape index (κ1) is 13.1. The Morgan fingerprint density at radius 1 is 1.17 bits per heavy atom. The second-order valence-electron chi connectivity index (χ2n) is 6.47. The normalized spacial score (nSPS) is 42.3. The lowest BCUT2D eigenvalue weighted by atomic mass is 9.78. The molecule has 1 saturated heterocycles. The summed E-state index contributed by atoms with van der Waals surface area (Å²) in [6.07, 6.45) is 8.08. The lowest BCUT2D eigenvalue weighted by Crippen LogP contribution is -2.52. The molecule has 0 aromatic rings. The summed E-state index contributed by atoms with van der Waals surface area (Å²) >= 11 is 12.3. The van der Waals surface area contributed by atoms with E-state index >= 15 is 0 Å². The monoisotopic (exact) mass is 289 g/mol. The minimum absolute atomic E-state index is 0.198. The molecule has 1 aliphatic heterocycles. The van der Waals surface area contributed by atoms with Crippen LogP contribution in [0.4, 0.5) is 0 Å². The molecule has 0 N–H and O–H groups in total. The van der Waals surface area contributed by atoms with E-state index in [9.17, 15) is 4.79 Å². The van der Waals surface area contributed by atoms with Crippen LogP contribution in [0.2, 0.25) is 0 Å². The molecule has 3 unspecified atom stereocenters. The number of fused-ring (bicyclic) bond motifs is 1. The van der Waals surface area contributed by atoms with Gasteiger partial charge >= 0.3 is 0 Å². The Bertz CT molecular complexity index is 369. The number of nitrogens with zero attached hydrogens (tertiary/aromatic N) is 1. The van der Waals surface area contributed by atoms with Crippen molar-refractivity contribution in [1.29, 1.82) is 0 Å². The van der Waals surface area contributed by atoms with E-state index in [1.165, 1.54) is 32.1 Å². The van der Waals surface area contributed by atoms with Crippen molar-refractivity contribution in [2.75, 3.05) is 6.54 Å². The number of rotatable bonds is 1. The molecule has 2 saturated carbocycles. The Morgan fingerprint density at radius 2 is 1.78 bits per heavy atom. The molecule has 0 bridgehead atoms. The third-order valence-corrected chi connectivity index (χ3v) is 6.34. The van der Waals surface area contributed by atoms with Crippen molar-refractivity contribution >= 4 is 29.1 Å². The van der Waals surface area contributed by atoms with Crippen LogP contribution in [0, 0.1) is 11.3 Å². The topological polar surface area (TPSA) is 20.3 Å². The van der Waals surface area contributed by atoms with Gasteiger partial charge in [-0.25, -0.2) is 0 Å². The number of amides is 1. The maximum atomic E-state index is 12.7. The third-order valence-electron chi connectivity index (χ3n) is 5.23. The van der Waals surface area contributed by atoms with E-state index in [1.54, 1.807) is 0 Å². The van der Waals surface area contributed by atoms with Gasteiger partial charge in [0.05, 0.1) is 5.41 Å². The van der Waals surface area contributed by atoms with Gasteiger partial charge in [0.25, 0.3) is 0 Å². The van der Waals surface area contributed by atoms with Crippen LogP contribution in [0.5, 0.6) is 0 Å². The molecule has 2 aliphatic carbocycles. The Labute approximate surface area is 119 Å². The molecule has 3 atom stereocenters. The first-order chi connectivity index (χ1) is 8.46. The van der Waals surface area contributed by atoms with Crippen molar-refractivity contribution < 1.29 is 4.79 Å². The Kier molecular flexibility index (Phi) is 3.10. The van der Waals surface area contributed by atoms with Gasteiger partial charge in [0, 0.05) is 12.6 Å². The van der Waals surface area contributed by atoms with Crippen LogP contribution in [-0.2, 0) is 4.79 Å². The Balaban J connectivity index is 1.77. The molecule has 0 aromatic carbocycles. The van der Waals surface area contributed by atoms with Crippen LogP contribution in [0.3, 0.4) is 0 Å². The fourth-order valence-electron chi connectivity index (χ4n) is 3.83. The predicted octanol–water partition coefficient (Wildman–Crippen LogP) is 3.75. The van der Waals surface area contributed by atoms with E-state index in [2.05, 4.69) is 4.90 Å². The molecule has 3 aliphatic rings. The molecule has 1 amide bonds. The van der Waals surface area contributed by atoms with Crippen LogP contribution < -0.4 is 0 Å². The van der Waals surface area contributed by atoms with Gasteiger partial charge in [0.15, 0.2) is 0 Å². The van der Waals surface area contributed by atoms with E-state index in [-0.39, 0.29) is 5.91 Å². The summed E-state index contributed by atoms with van der Waals surface area (Å²) in [6, 6.07) is 0.460. The quantitative estimate of drug-likeness (QED) is 0.673. The summed E-state index contributed by atoms with van der Waals surface area (Å²) < 4.78 is -0.828. The maximum Gasteiger partial charge on any atom is 0.231 e. The lowest BCUT2D eigenvalue weighted by molar-refractivity contribution is -0.143. The summed E-state index contributed by atoms with van der Waals surface area (Å²) in [5.74, 6) is 0.919. The van der Waals surface area contributed by atoms with Crippen LogP contribution in [0.15, 0.2) is 0 Å². The lowest BCUT2D eigenvalue weighted by Gasteiger charge is -2.45. The Morgan fingerprint density at radius 3 is 2.44 bits per heavy atom. The molecule has 102 valence electrons. The molecular formula is C14H21Cl2NO. The summed E-state index contributed by atoms with van der Waals surface area (Å²) in [4.78, 5) is 14.8. The fourth-order valence-corrected chi connectivity index (χ4v) is 4.52. The summed E-state index contributed by atoms with van der Waals surface area (Å²) in [5, 5.41) is 0. The molecule has 0 spiro atoms. The predicted molar refractivity (Wildman–Crippen MR) is 73.9 cm³/mol. The zero-order valence-electron chi connectivity index (χ0n) is 10.9. The zero-order chi connectivity index (χ0) is 13.0. The average Bonchev–Trinajstić information content (AvgIpc) is 2.88. The van der Waals surface area contributed by atoms with E-state index in [1.807, 2.05) is 6.92 Å². The molecule has 3 rings (SSSR count). The molecule has 18 heavy (non-hydrogen) atoms. The second-order valence-corrected chi connectivity index (χ2v) is 7.95. The van der Waals surface area contributed by atoms with Gasteiger partial charge in [-0.2, -0.15) is 0 Å². The zero-order valence-corrected chi connectivity index (χ0v) is 12.4. The van der Waals surface area contributed by atoms with Crippen LogP contribution in [-0.4, -0.2) is 27.7 Å². The first-order valence-electron chi connectivity index (χ1n) is 7.15. The Hall–Kier alpha value is 0.0500. The van der Waals surface area contributed by atoms with E-state index in [0.29, 0.717) is 12.5 Å². The smallest absolute Gasteiger partial charge is 0.231 e. The van der Waals surface area contributed by atoms with E-state index in [0.717, 1.165) is 18.9 Å². The highest BCUT2D eigenvalue weighted by atomic mass is 35.5. The van der Waals surface area contributed by atoms with Crippen molar-refractivity contribution in [3.8, 4) is 0 Å². The molecule has 2 nitrogen and oxygen atoms in total. The van der Waals surface area contributed by atoms with Crippen molar-refractivity contribution in [3.05, 3.63) is 0 Å². The van der Waals surface area contributed by atoms with Gasteiger partial charge < -0.3 is 4.90 Å². The number of hydrogen-bond acceptors (Lipinski definition) is 1. The van der Waals surface area contributed by atoms with Crippen molar-refractivity contribution in [2.45, 2.75) is 62.2 Å². The third kappa shape index (κ3) is 1.87. The molecule has 3 fully saturated rings. The molecule has 4 heteroatoms. The molecular weight excluding hydrogens is 269 g/mol. The average molecular weight is 290 g/mol. The molecule has 0 radical (unpaired) electrons. The number of piperidine rings is 1. The highest BCUT2D eigenvalue weighted by Gasteiger charge is 2.69. The fraction of sp³-hybridized carbons (Fsp3) is 0.929. The molecule has 1 heterocycles. The number of carbonyl (C=O) groups excluding carboxylic acids is 1. The van der Waals surface area contributed by atoms with E-state index < -0.39 is 9.75 Å². The number of likely N-dealkylation sites (tertiary alicyclic amines) is 1. The minimum Gasteiger partial charge on any atom is -0.339 e. The van der Waals surface area contributed by atoms with Crippen molar-refractivity contribution in [1.82, 2.24) is 4.90 Å². The number of alkyl halides is 2. The van der Waals surface area contributed by atoms with Gasteiger partial charge in [-0.1, -0.05) is 12.8 Å². The summed E-state index contributed by atoms with van der Waals surface area (Å²) in [5.41, 5.74) is -0.532. The van der Waals surface area contributed by atoms with Crippen LogP contribution >= 0.6 is 23.2 Å². The van der Waals surface area contributed by atoms with Crippen LogP contribution in [0.1, 0.15) is 51.9 Å². The first-order valence-corrected chi connectivity index (χ1v) is 7.90.